The molecule has 0 radical (unpaired) electrons. The van der Waals surface area contributed by atoms with Gasteiger partial charge in [-0.25, -0.2) is 4.79 Å². The van der Waals surface area contributed by atoms with Crippen molar-refractivity contribution in [3.63, 3.8) is 0 Å². The Morgan fingerprint density at radius 1 is 0.952 bits per heavy atom. The van der Waals surface area contributed by atoms with Gasteiger partial charge in [0.25, 0.3) is 0 Å². The normalized spacial score (nSPS) is 10.8. The molecule has 4 heteroatoms. The van der Waals surface area contributed by atoms with Gasteiger partial charge in [0, 0.05) is 5.56 Å². The van der Waals surface area contributed by atoms with E-state index in [0.29, 0.717) is 5.69 Å². The Labute approximate surface area is 122 Å². The lowest BCUT2D eigenvalue weighted by molar-refractivity contribution is 0.457. The van der Waals surface area contributed by atoms with E-state index in [4.69, 9.17) is 0 Å². The first kappa shape index (κ1) is 13.2. The van der Waals surface area contributed by atoms with Gasteiger partial charge in [0.05, 0.1) is 0 Å². The molecule has 0 saturated carbocycles. The molecule has 0 bridgehead atoms. The van der Waals surface area contributed by atoms with Crippen LogP contribution in [0.15, 0.2) is 47.3 Å². The molecular formula is C17H16N2O2. The quantitative estimate of drug-likeness (QED) is 0.673. The first-order valence-corrected chi connectivity index (χ1v) is 6.74. The van der Waals surface area contributed by atoms with Crippen molar-refractivity contribution in [2.24, 2.45) is 0 Å². The van der Waals surface area contributed by atoms with Gasteiger partial charge < -0.3 is 10.1 Å². The van der Waals surface area contributed by atoms with Crippen LogP contribution in [-0.2, 0) is 0 Å². The highest BCUT2D eigenvalue weighted by atomic mass is 16.3. The predicted octanol–water partition coefficient (Wildman–Crippen LogP) is 3.36. The summed E-state index contributed by atoms with van der Waals surface area (Å²) in [7, 11) is 0. The van der Waals surface area contributed by atoms with Gasteiger partial charge in [0.1, 0.15) is 5.69 Å². The van der Waals surface area contributed by atoms with Crippen molar-refractivity contribution < 1.29 is 5.11 Å². The maximum absolute atomic E-state index is 11.3. The highest BCUT2D eigenvalue weighted by molar-refractivity contribution is 5.75. The molecule has 0 amide bonds. The van der Waals surface area contributed by atoms with Gasteiger partial charge >= 0.3 is 5.69 Å². The van der Waals surface area contributed by atoms with E-state index in [9.17, 15) is 9.90 Å². The van der Waals surface area contributed by atoms with E-state index in [1.165, 1.54) is 11.1 Å². The van der Waals surface area contributed by atoms with Crippen molar-refractivity contribution in [1.29, 1.82) is 0 Å². The van der Waals surface area contributed by atoms with E-state index in [1.807, 2.05) is 24.3 Å². The van der Waals surface area contributed by atoms with Crippen LogP contribution in [0.3, 0.4) is 0 Å². The zero-order valence-electron chi connectivity index (χ0n) is 11.9. The lowest BCUT2D eigenvalue weighted by atomic mass is 9.97. The number of aromatic nitrogens is 2. The molecule has 1 heterocycles. The Balaban J connectivity index is 2.12. The van der Waals surface area contributed by atoms with E-state index in [1.54, 1.807) is 0 Å². The predicted molar refractivity (Wildman–Crippen MR) is 83.4 cm³/mol. The molecule has 0 unspecified atom stereocenters. The number of H-pyrrole nitrogens is 2. The first-order chi connectivity index (χ1) is 10.0. The van der Waals surface area contributed by atoms with E-state index < -0.39 is 5.69 Å². The monoisotopic (exact) mass is 280 g/mol. The molecule has 3 N–H and O–H groups in total. The van der Waals surface area contributed by atoms with Crippen LogP contribution in [0.25, 0.3) is 22.4 Å². The topological polar surface area (TPSA) is 68.9 Å². The average Bonchev–Trinajstić information content (AvgIpc) is 2.78. The summed E-state index contributed by atoms with van der Waals surface area (Å²) in [5.74, 6) is -0.141. The molecule has 0 aliphatic carbocycles. The van der Waals surface area contributed by atoms with Crippen molar-refractivity contribution in [3.8, 4) is 28.3 Å². The summed E-state index contributed by atoms with van der Waals surface area (Å²) in [4.78, 5) is 16.2. The third-order valence-corrected chi connectivity index (χ3v) is 3.55. The first-order valence-electron chi connectivity index (χ1n) is 6.74. The Morgan fingerprint density at radius 3 is 2.38 bits per heavy atom. The molecule has 2 aromatic carbocycles. The Morgan fingerprint density at radius 2 is 1.71 bits per heavy atom. The molecule has 106 valence electrons. The molecule has 0 fully saturated rings. The lowest BCUT2D eigenvalue weighted by Crippen LogP contribution is -2.00. The van der Waals surface area contributed by atoms with Crippen LogP contribution in [-0.4, -0.2) is 15.1 Å². The second-order valence-electron chi connectivity index (χ2n) is 5.20. The second kappa shape index (κ2) is 4.98. The van der Waals surface area contributed by atoms with Crippen LogP contribution >= 0.6 is 0 Å². The van der Waals surface area contributed by atoms with Gasteiger partial charge in [-0.2, -0.15) is 0 Å². The number of aryl methyl sites for hydroxylation is 2. The zero-order chi connectivity index (χ0) is 15.0. The summed E-state index contributed by atoms with van der Waals surface area (Å²) in [5.41, 5.74) is 5.36. The SMILES string of the molecule is Cc1ccc(-c2cccc(-c3[nH]c(=O)[nH]c3O)c2)c(C)c1. The number of nitrogens with one attached hydrogen (secondary N) is 2. The smallest absolute Gasteiger partial charge is 0.326 e. The molecule has 3 rings (SSSR count). The highest BCUT2D eigenvalue weighted by Gasteiger charge is 2.10. The number of hydrogen-bond donors (Lipinski definition) is 3. The van der Waals surface area contributed by atoms with Crippen LogP contribution in [0.1, 0.15) is 11.1 Å². The summed E-state index contributed by atoms with van der Waals surface area (Å²) < 4.78 is 0. The zero-order valence-corrected chi connectivity index (χ0v) is 11.9. The molecule has 0 spiro atoms. The Hall–Kier alpha value is -2.75. The molecule has 21 heavy (non-hydrogen) atoms. The maximum Gasteiger partial charge on any atom is 0.326 e. The molecule has 0 atom stereocenters. The van der Waals surface area contributed by atoms with E-state index in [-0.39, 0.29) is 5.88 Å². The summed E-state index contributed by atoms with van der Waals surface area (Å²) in [6.45, 7) is 4.14. The summed E-state index contributed by atoms with van der Waals surface area (Å²) in [5, 5.41) is 9.75. The van der Waals surface area contributed by atoms with E-state index in [0.717, 1.165) is 16.7 Å². The van der Waals surface area contributed by atoms with Crippen LogP contribution in [0.4, 0.5) is 0 Å². The largest absolute Gasteiger partial charge is 0.493 e. The minimum Gasteiger partial charge on any atom is -0.493 e. The fraction of sp³-hybridized carbons (Fsp3) is 0.118. The summed E-state index contributed by atoms with van der Waals surface area (Å²) in [6.07, 6.45) is 0. The average molecular weight is 280 g/mol. The van der Waals surface area contributed by atoms with E-state index >= 15 is 0 Å². The lowest BCUT2D eigenvalue weighted by Gasteiger charge is -2.09. The molecule has 0 saturated heterocycles. The number of hydrogen-bond acceptors (Lipinski definition) is 2. The number of aromatic hydroxyl groups is 1. The van der Waals surface area contributed by atoms with Crippen molar-refractivity contribution in [2.45, 2.75) is 13.8 Å². The minimum atomic E-state index is -0.417. The number of rotatable bonds is 2. The van der Waals surface area contributed by atoms with Gasteiger partial charge in [-0.15, -0.1) is 0 Å². The fourth-order valence-corrected chi connectivity index (χ4v) is 2.56. The molecule has 0 aliphatic rings. The van der Waals surface area contributed by atoms with Gasteiger partial charge in [0.15, 0.2) is 0 Å². The van der Waals surface area contributed by atoms with Crippen LogP contribution in [0.2, 0.25) is 0 Å². The van der Waals surface area contributed by atoms with Crippen molar-refractivity contribution >= 4 is 0 Å². The van der Waals surface area contributed by atoms with Crippen LogP contribution < -0.4 is 5.69 Å². The van der Waals surface area contributed by atoms with Crippen molar-refractivity contribution in [2.75, 3.05) is 0 Å². The molecule has 1 aromatic heterocycles. The molecule has 4 nitrogen and oxygen atoms in total. The minimum absolute atomic E-state index is 0.141. The van der Waals surface area contributed by atoms with Crippen molar-refractivity contribution in [3.05, 3.63) is 64.1 Å². The third kappa shape index (κ3) is 2.48. The van der Waals surface area contributed by atoms with Crippen LogP contribution in [0.5, 0.6) is 5.88 Å². The van der Waals surface area contributed by atoms with Crippen molar-refractivity contribution in [1.82, 2.24) is 9.97 Å². The molecule has 0 aliphatic heterocycles. The van der Waals surface area contributed by atoms with Gasteiger partial charge in [-0.3, -0.25) is 4.98 Å². The van der Waals surface area contributed by atoms with Gasteiger partial charge in [-0.05, 0) is 36.6 Å². The fourth-order valence-electron chi connectivity index (χ4n) is 2.56. The maximum atomic E-state index is 11.3. The Bertz CT molecular complexity index is 859. The highest BCUT2D eigenvalue weighted by Crippen LogP contribution is 2.30. The third-order valence-electron chi connectivity index (χ3n) is 3.55. The van der Waals surface area contributed by atoms with Crippen LogP contribution in [0, 0.1) is 13.8 Å². The number of benzene rings is 2. The summed E-state index contributed by atoms with van der Waals surface area (Å²) >= 11 is 0. The van der Waals surface area contributed by atoms with E-state index in [2.05, 4.69) is 42.0 Å². The van der Waals surface area contributed by atoms with Gasteiger partial charge in [-0.1, -0.05) is 42.0 Å². The molecular weight excluding hydrogens is 264 g/mol. The van der Waals surface area contributed by atoms with Gasteiger partial charge in [0.2, 0.25) is 5.88 Å². The number of imidazole rings is 1. The number of aromatic amines is 2. The second-order valence-corrected chi connectivity index (χ2v) is 5.20. The Kier molecular flexibility index (Phi) is 3.14. The standard InChI is InChI=1S/C17H16N2O2/c1-10-6-7-14(11(2)8-10)12-4-3-5-13(9-12)15-16(20)19-17(21)18-15/h3-9,20H,1-2H3,(H2,18,19,21). The molecule has 3 aromatic rings. The summed E-state index contributed by atoms with van der Waals surface area (Å²) in [6, 6.07) is 14.0.